The molecule has 0 atom stereocenters. The van der Waals surface area contributed by atoms with E-state index < -0.39 is 0 Å². The van der Waals surface area contributed by atoms with E-state index in [2.05, 4.69) is 127 Å². The third-order valence-electron chi connectivity index (χ3n) is 9.21. The van der Waals surface area contributed by atoms with E-state index >= 15 is 0 Å². The summed E-state index contributed by atoms with van der Waals surface area (Å²) >= 11 is 0. The molecule has 1 aromatic heterocycles. The van der Waals surface area contributed by atoms with Gasteiger partial charge in [0.25, 0.3) is 0 Å². The van der Waals surface area contributed by atoms with Crippen LogP contribution < -0.4 is 9.47 Å². The molecule has 0 aliphatic rings. The molecule has 0 spiro atoms. The van der Waals surface area contributed by atoms with Crippen molar-refractivity contribution in [3.05, 3.63) is 73.1 Å². The molecule has 5 heteroatoms. The quantitative estimate of drug-likeness (QED) is 0.0530. The van der Waals surface area contributed by atoms with Crippen LogP contribution in [0.2, 0.25) is 0 Å². The lowest BCUT2D eigenvalue weighted by atomic mass is 10.1. The van der Waals surface area contributed by atoms with Gasteiger partial charge < -0.3 is 9.38 Å². The number of pyridine rings is 1. The smallest absolute Gasteiger partial charge is 0.169 e. The summed E-state index contributed by atoms with van der Waals surface area (Å²) in [7, 11) is 0. The van der Waals surface area contributed by atoms with Crippen molar-refractivity contribution in [2.75, 3.05) is 44.2 Å². The molecule has 0 saturated heterocycles. The predicted molar refractivity (Wildman–Crippen MR) is 185 cm³/mol. The average molecular weight is 586 g/mol. The molecule has 0 unspecified atom stereocenters. The molecule has 0 aliphatic heterocycles. The van der Waals surface area contributed by atoms with Crippen LogP contribution in [0.5, 0.6) is 0 Å². The van der Waals surface area contributed by atoms with E-state index in [0.29, 0.717) is 0 Å². The summed E-state index contributed by atoms with van der Waals surface area (Å²) in [5, 5.41) is 9.05. The van der Waals surface area contributed by atoms with Crippen molar-refractivity contribution in [1.29, 1.82) is 0 Å². The first-order valence-corrected chi connectivity index (χ1v) is 17.3. The van der Waals surface area contributed by atoms with Crippen molar-refractivity contribution in [3.63, 3.8) is 0 Å². The molecule has 3 rings (SSSR count). The first-order valence-electron chi connectivity index (χ1n) is 17.3. The Morgan fingerprint density at radius 3 is 1.53 bits per heavy atom. The van der Waals surface area contributed by atoms with Gasteiger partial charge in [-0.15, -0.1) is 0 Å². The van der Waals surface area contributed by atoms with E-state index in [1.807, 2.05) is 0 Å². The number of azo groups is 1. The molecule has 2 aromatic carbocycles. The monoisotopic (exact) mass is 585 g/mol. The van der Waals surface area contributed by atoms with Crippen molar-refractivity contribution in [2.24, 2.45) is 10.2 Å². The number of quaternary nitrogens is 1. The van der Waals surface area contributed by atoms with Gasteiger partial charge in [0.1, 0.15) is 0 Å². The Balaban J connectivity index is 1.54. The van der Waals surface area contributed by atoms with Crippen LogP contribution in [0, 0.1) is 0 Å². The van der Waals surface area contributed by atoms with Gasteiger partial charge in [0.05, 0.1) is 44.0 Å². The lowest BCUT2D eigenvalue weighted by Gasteiger charge is -2.35. The third kappa shape index (κ3) is 11.5. The number of aromatic nitrogens is 1. The Morgan fingerprint density at radius 1 is 0.558 bits per heavy atom. The molecule has 43 heavy (non-hydrogen) atoms. The fraction of sp³-hybridized carbons (Fsp3) is 0.553. The lowest BCUT2D eigenvalue weighted by molar-refractivity contribution is -0.925. The number of benzene rings is 2. The summed E-state index contributed by atoms with van der Waals surface area (Å²) in [6.07, 6.45) is 16.0. The number of unbranched alkanes of at least 4 members (excludes halogenated alkanes) is 6. The standard InChI is InChI=1S/C38H59N5/c1-6-11-13-15-29-42(30-16-14-12-7-2)38-24-22-37(23-25-38)40-39-36-20-18-34(19-21-36)35-26-31-41(32-27-35)28-17-33-43(8-3,9-4)10-5/h18-27,31-32H,6-17,28-30,33H2,1-5H3/q+2. The molecular formula is C38H59N5+2. The molecule has 234 valence electrons. The molecule has 1 heterocycles. The largest absolute Gasteiger partial charge is 0.372 e. The number of anilines is 1. The average Bonchev–Trinajstić information content (AvgIpc) is 3.06. The maximum Gasteiger partial charge on any atom is 0.169 e. The maximum absolute atomic E-state index is 4.53. The van der Waals surface area contributed by atoms with Gasteiger partial charge in [-0.05, 0) is 81.1 Å². The summed E-state index contributed by atoms with van der Waals surface area (Å²) in [5.74, 6) is 0. The summed E-state index contributed by atoms with van der Waals surface area (Å²) in [4.78, 5) is 2.56. The Labute approximate surface area is 263 Å². The first kappa shape index (κ1) is 34.4. The Kier molecular flexibility index (Phi) is 15.4. The van der Waals surface area contributed by atoms with E-state index in [0.717, 1.165) is 31.0 Å². The zero-order valence-electron chi connectivity index (χ0n) is 28.0. The zero-order valence-corrected chi connectivity index (χ0v) is 28.0. The minimum absolute atomic E-state index is 0.872. The molecule has 0 fully saturated rings. The fourth-order valence-corrected chi connectivity index (χ4v) is 5.93. The topological polar surface area (TPSA) is 31.8 Å². The van der Waals surface area contributed by atoms with Gasteiger partial charge in [0.15, 0.2) is 18.9 Å². The second-order valence-corrected chi connectivity index (χ2v) is 12.1. The van der Waals surface area contributed by atoms with Crippen LogP contribution in [0.4, 0.5) is 17.1 Å². The highest BCUT2D eigenvalue weighted by Gasteiger charge is 2.20. The zero-order chi connectivity index (χ0) is 30.8. The van der Waals surface area contributed by atoms with Crippen LogP contribution in [-0.2, 0) is 6.54 Å². The maximum atomic E-state index is 4.53. The molecule has 0 N–H and O–H groups in total. The molecule has 0 saturated carbocycles. The minimum Gasteiger partial charge on any atom is -0.372 e. The highest BCUT2D eigenvalue weighted by Crippen LogP contribution is 2.25. The van der Waals surface area contributed by atoms with E-state index in [1.165, 1.54) is 105 Å². The second kappa shape index (κ2) is 19.3. The van der Waals surface area contributed by atoms with Crippen LogP contribution in [0.15, 0.2) is 83.3 Å². The van der Waals surface area contributed by atoms with E-state index in [4.69, 9.17) is 0 Å². The van der Waals surface area contributed by atoms with Crippen molar-refractivity contribution < 1.29 is 9.05 Å². The fourth-order valence-electron chi connectivity index (χ4n) is 5.93. The van der Waals surface area contributed by atoms with Crippen molar-refractivity contribution in [2.45, 2.75) is 99.0 Å². The Bertz CT molecular complexity index is 1140. The van der Waals surface area contributed by atoms with E-state index in [-0.39, 0.29) is 0 Å². The van der Waals surface area contributed by atoms with Crippen LogP contribution in [0.1, 0.15) is 92.4 Å². The van der Waals surface area contributed by atoms with Crippen molar-refractivity contribution >= 4 is 17.1 Å². The number of aryl methyl sites for hydroxylation is 1. The first-order chi connectivity index (χ1) is 21.1. The lowest BCUT2D eigenvalue weighted by Crippen LogP contribution is -2.49. The summed E-state index contributed by atoms with van der Waals surface area (Å²) < 4.78 is 3.52. The van der Waals surface area contributed by atoms with Crippen LogP contribution >= 0.6 is 0 Å². The number of rotatable bonds is 21. The van der Waals surface area contributed by atoms with Crippen LogP contribution in [0.3, 0.4) is 0 Å². The highest BCUT2D eigenvalue weighted by atomic mass is 15.3. The van der Waals surface area contributed by atoms with E-state index in [9.17, 15) is 0 Å². The van der Waals surface area contributed by atoms with Gasteiger partial charge in [-0.1, -0.05) is 64.5 Å². The molecule has 0 aliphatic carbocycles. The molecule has 3 aromatic rings. The molecule has 5 nitrogen and oxygen atoms in total. The van der Waals surface area contributed by atoms with Gasteiger partial charge in [0.2, 0.25) is 0 Å². The summed E-state index contributed by atoms with van der Waals surface area (Å²) in [6.45, 7) is 19.7. The van der Waals surface area contributed by atoms with Gasteiger partial charge in [0, 0.05) is 30.9 Å². The van der Waals surface area contributed by atoms with Gasteiger partial charge >= 0.3 is 0 Å². The molecule has 0 amide bonds. The highest BCUT2D eigenvalue weighted by molar-refractivity contribution is 5.64. The second-order valence-electron chi connectivity index (χ2n) is 12.1. The van der Waals surface area contributed by atoms with Crippen LogP contribution in [0.25, 0.3) is 11.1 Å². The number of nitrogens with zero attached hydrogens (tertiary/aromatic N) is 5. The van der Waals surface area contributed by atoms with Crippen molar-refractivity contribution in [1.82, 2.24) is 0 Å². The van der Waals surface area contributed by atoms with E-state index in [1.54, 1.807) is 0 Å². The number of hydrogen-bond donors (Lipinski definition) is 0. The van der Waals surface area contributed by atoms with Gasteiger partial charge in [-0.3, -0.25) is 0 Å². The Morgan fingerprint density at radius 2 is 1.05 bits per heavy atom. The van der Waals surface area contributed by atoms with Gasteiger partial charge in [-0.25, -0.2) is 4.57 Å². The normalized spacial score (nSPS) is 11.8. The molecular weight excluding hydrogens is 526 g/mol. The summed E-state index contributed by atoms with van der Waals surface area (Å²) in [5.41, 5.74) is 5.50. The third-order valence-corrected chi connectivity index (χ3v) is 9.21. The van der Waals surface area contributed by atoms with Gasteiger partial charge in [-0.2, -0.15) is 10.2 Å². The SMILES string of the molecule is CCCCCCN(CCCCCC)c1ccc(/N=N/c2ccc(-c3cc[n+](CCC[N+](CC)(CC)CC)cc3)cc2)cc1. The van der Waals surface area contributed by atoms with Crippen LogP contribution in [-0.4, -0.2) is 43.8 Å². The minimum atomic E-state index is 0.872. The Hall–Kier alpha value is -3.05. The summed E-state index contributed by atoms with van der Waals surface area (Å²) in [6, 6.07) is 21.5. The van der Waals surface area contributed by atoms with Crippen molar-refractivity contribution in [3.8, 4) is 11.1 Å². The predicted octanol–water partition coefficient (Wildman–Crippen LogP) is 10.3. The number of hydrogen-bond acceptors (Lipinski definition) is 3. The molecule has 0 bridgehead atoms. The molecule has 0 radical (unpaired) electrons.